The number of thioether (sulfide) groups is 1. The first-order valence-electron chi connectivity index (χ1n) is 8.17. The molecular weight excluding hydrogens is 374 g/mol. The molecule has 1 amide bonds. The Balaban J connectivity index is 1.66. The van der Waals surface area contributed by atoms with E-state index in [1.54, 1.807) is 12.1 Å². The van der Waals surface area contributed by atoms with Crippen molar-refractivity contribution in [2.24, 2.45) is 0 Å². The van der Waals surface area contributed by atoms with Gasteiger partial charge in [-0.3, -0.25) is 14.9 Å². The van der Waals surface area contributed by atoms with Crippen LogP contribution in [-0.2, 0) is 4.79 Å². The monoisotopic (exact) mass is 391 g/mol. The van der Waals surface area contributed by atoms with Crippen molar-refractivity contribution in [3.8, 4) is 0 Å². The van der Waals surface area contributed by atoms with E-state index in [0.717, 1.165) is 17.0 Å². The minimum atomic E-state index is -0.435. The molecule has 2 aromatic rings. The Kier molecular flexibility index (Phi) is 6.13. The maximum atomic E-state index is 12.8. The molecule has 1 aliphatic rings. The standard InChI is InChI=1S/C18H18ClN3O3S/c19-14-3-1-2-13(10-14)17-11-20-8-9-21(17)18(23)12-26-16-6-4-15(5-7-16)22(24)25/h1-7,10,17,20H,8-9,11-12H2. The number of hydrogen-bond donors (Lipinski definition) is 1. The fourth-order valence-corrected chi connectivity index (χ4v) is 3.89. The number of benzene rings is 2. The third kappa shape index (κ3) is 4.55. The van der Waals surface area contributed by atoms with Gasteiger partial charge in [0.05, 0.1) is 16.7 Å². The second-order valence-electron chi connectivity index (χ2n) is 5.90. The Morgan fingerprint density at radius 1 is 1.31 bits per heavy atom. The van der Waals surface area contributed by atoms with Gasteiger partial charge in [0.25, 0.3) is 5.69 Å². The van der Waals surface area contributed by atoms with Crippen LogP contribution in [-0.4, -0.2) is 41.1 Å². The smallest absolute Gasteiger partial charge is 0.269 e. The van der Waals surface area contributed by atoms with Gasteiger partial charge in [0.2, 0.25) is 5.91 Å². The van der Waals surface area contributed by atoms with E-state index < -0.39 is 4.92 Å². The number of nitrogens with one attached hydrogen (secondary N) is 1. The van der Waals surface area contributed by atoms with Gasteiger partial charge in [0, 0.05) is 41.7 Å². The van der Waals surface area contributed by atoms with Crippen LogP contribution in [0, 0.1) is 10.1 Å². The van der Waals surface area contributed by atoms with Crippen LogP contribution in [0.15, 0.2) is 53.4 Å². The average Bonchev–Trinajstić information content (AvgIpc) is 2.66. The Labute approximate surface area is 160 Å². The highest BCUT2D eigenvalue weighted by Crippen LogP contribution is 2.27. The summed E-state index contributed by atoms with van der Waals surface area (Å²) in [6.07, 6.45) is 0. The maximum absolute atomic E-state index is 12.8. The average molecular weight is 392 g/mol. The lowest BCUT2D eigenvalue weighted by Crippen LogP contribution is -2.49. The second-order valence-corrected chi connectivity index (χ2v) is 7.39. The number of amides is 1. The number of rotatable bonds is 5. The Bertz CT molecular complexity index is 801. The number of carbonyl (C=O) groups is 1. The fraction of sp³-hybridized carbons (Fsp3) is 0.278. The van der Waals surface area contributed by atoms with Crippen LogP contribution in [0.4, 0.5) is 5.69 Å². The zero-order valence-corrected chi connectivity index (χ0v) is 15.5. The van der Waals surface area contributed by atoms with Crippen molar-refractivity contribution in [1.29, 1.82) is 0 Å². The molecule has 8 heteroatoms. The summed E-state index contributed by atoms with van der Waals surface area (Å²) in [5.74, 6) is 0.328. The van der Waals surface area contributed by atoms with Crippen LogP contribution in [0.5, 0.6) is 0 Å². The van der Waals surface area contributed by atoms with E-state index in [4.69, 9.17) is 11.6 Å². The molecule has 6 nitrogen and oxygen atoms in total. The number of nitrogens with zero attached hydrogens (tertiary/aromatic N) is 2. The quantitative estimate of drug-likeness (QED) is 0.479. The van der Waals surface area contributed by atoms with Crippen LogP contribution < -0.4 is 5.32 Å². The first-order valence-corrected chi connectivity index (χ1v) is 9.54. The number of piperazine rings is 1. The molecule has 1 heterocycles. The van der Waals surface area contributed by atoms with Crippen LogP contribution in [0.3, 0.4) is 0 Å². The molecule has 0 spiro atoms. The molecule has 0 aromatic heterocycles. The van der Waals surface area contributed by atoms with Gasteiger partial charge in [0.15, 0.2) is 0 Å². The Morgan fingerprint density at radius 2 is 2.08 bits per heavy atom. The molecule has 0 radical (unpaired) electrons. The topological polar surface area (TPSA) is 75.5 Å². The van der Waals surface area contributed by atoms with Gasteiger partial charge < -0.3 is 10.2 Å². The van der Waals surface area contributed by atoms with Crippen LogP contribution in [0.25, 0.3) is 0 Å². The van der Waals surface area contributed by atoms with Gasteiger partial charge in [-0.2, -0.15) is 0 Å². The zero-order valence-electron chi connectivity index (χ0n) is 13.9. The zero-order chi connectivity index (χ0) is 18.5. The lowest BCUT2D eigenvalue weighted by atomic mass is 10.0. The minimum Gasteiger partial charge on any atom is -0.332 e. The molecule has 1 atom stereocenters. The third-order valence-electron chi connectivity index (χ3n) is 4.21. The molecule has 3 rings (SSSR count). The van der Waals surface area contributed by atoms with Crippen LogP contribution >= 0.6 is 23.4 Å². The summed E-state index contributed by atoms with van der Waals surface area (Å²) >= 11 is 7.47. The first kappa shape index (κ1) is 18.7. The summed E-state index contributed by atoms with van der Waals surface area (Å²) in [7, 11) is 0. The number of hydrogen-bond acceptors (Lipinski definition) is 5. The molecular formula is C18H18ClN3O3S. The second kappa shape index (κ2) is 8.53. The van der Waals surface area contributed by atoms with Gasteiger partial charge in [0.1, 0.15) is 0 Å². The molecule has 0 saturated carbocycles. The molecule has 26 heavy (non-hydrogen) atoms. The van der Waals surface area contributed by atoms with Crippen molar-refractivity contribution in [2.75, 3.05) is 25.4 Å². The lowest BCUT2D eigenvalue weighted by molar-refractivity contribution is -0.384. The largest absolute Gasteiger partial charge is 0.332 e. The molecule has 1 fully saturated rings. The molecule has 2 aromatic carbocycles. The van der Waals surface area contributed by atoms with Gasteiger partial charge in [-0.05, 0) is 29.8 Å². The van der Waals surface area contributed by atoms with Gasteiger partial charge >= 0.3 is 0 Å². The van der Waals surface area contributed by atoms with E-state index in [-0.39, 0.29) is 23.4 Å². The third-order valence-corrected chi connectivity index (χ3v) is 5.44. The van der Waals surface area contributed by atoms with Crippen molar-refractivity contribution in [3.63, 3.8) is 0 Å². The number of nitro groups is 1. The van der Waals surface area contributed by atoms with Crippen molar-refractivity contribution in [1.82, 2.24) is 10.2 Å². The van der Waals surface area contributed by atoms with E-state index in [1.807, 2.05) is 29.2 Å². The molecule has 1 aliphatic heterocycles. The summed E-state index contributed by atoms with van der Waals surface area (Å²) in [5.41, 5.74) is 1.06. The predicted octanol–water partition coefficient (Wildman–Crippen LogP) is 3.51. The number of halogens is 1. The maximum Gasteiger partial charge on any atom is 0.269 e. The lowest BCUT2D eigenvalue weighted by Gasteiger charge is -2.36. The van der Waals surface area contributed by atoms with E-state index in [2.05, 4.69) is 5.32 Å². The predicted molar refractivity (Wildman–Crippen MR) is 103 cm³/mol. The summed E-state index contributed by atoms with van der Waals surface area (Å²) in [4.78, 5) is 25.7. The van der Waals surface area contributed by atoms with E-state index >= 15 is 0 Å². The molecule has 136 valence electrons. The summed E-state index contributed by atoms with van der Waals surface area (Å²) in [5, 5.41) is 14.7. The molecule has 1 saturated heterocycles. The highest BCUT2D eigenvalue weighted by Gasteiger charge is 2.27. The Hall–Kier alpha value is -2.09. The molecule has 1 N–H and O–H groups in total. The summed E-state index contributed by atoms with van der Waals surface area (Å²) in [6, 6.07) is 13.8. The summed E-state index contributed by atoms with van der Waals surface area (Å²) in [6.45, 7) is 2.08. The van der Waals surface area contributed by atoms with E-state index in [0.29, 0.717) is 18.1 Å². The number of carbonyl (C=O) groups excluding carboxylic acids is 1. The van der Waals surface area contributed by atoms with Crippen molar-refractivity contribution < 1.29 is 9.72 Å². The van der Waals surface area contributed by atoms with E-state index in [1.165, 1.54) is 23.9 Å². The molecule has 1 unspecified atom stereocenters. The number of non-ortho nitro benzene ring substituents is 1. The van der Waals surface area contributed by atoms with Gasteiger partial charge in [-0.1, -0.05) is 23.7 Å². The van der Waals surface area contributed by atoms with Crippen molar-refractivity contribution in [2.45, 2.75) is 10.9 Å². The Morgan fingerprint density at radius 3 is 2.77 bits per heavy atom. The SMILES string of the molecule is O=C(CSc1ccc([N+](=O)[O-])cc1)N1CCNCC1c1cccc(Cl)c1. The minimum absolute atomic E-state index is 0.0415. The van der Waals surface area contributed by atoms with Crippen molar-refractivity contribution >= 4 is 35.0 Å². The first-order chi connectivity index (χ1) is 12.5. The van der Waals surface area contributed by atoms with E-state index in [9.17, 15) is 14.9 Å². The summed E-state index contributed by atoms with van der Waals surface area (Å²) < 4.78 is 0. The van der Waals surface area contributed by atoms with Crippen molar-refractivity contribution in [3.05, 3.63) is 69.2 Å². The van der Waals surface area contributed by atoms with Gasteiger partial charge in [-0.15, -0.1) is 11.8 Å². The normalized spacial score (nSPS) is 17.1. The highest BCUT2D eigenvalue weighted by atomic mass is 35.5. The van der Waals surface area contributed by atoms with Crippen LogP contribution in [0.2, 0.25) is 5.02 Å². The number of nitro benzene ring substituents is 1. The van der Waals surface area contributed by atoms with Gasteiger partial charge in [-0.25, -0.2) is 0 Å². The molecule has 0 aliphatic carbocycles. The fourth-order valence-electron chi connectivity index (χ4n) is 2.91. The highest BCUT2D eigenvalue weighted by molar-refractivity contribution is 8.00. The van der Waals surface area contributed by atoms with Crippen LogP contribution in [0.1, 0.15) is 11.6 Å². The molecule has 0 bridgehead atoms.